The third kappa shape index (κ3) is 4.47. The number of amides is 2. The van der Waals surface area contributed by atoms with Gasteiger partial charge in [0.1, 0.15) is 11.6 Å². The highest BCUT2D eigenvalue weighted by atomic mass is 35.5. The van der Waals surface area contributed by atoms with Crippen LogP contribution in [-0.2, 0) is 16.1 Å². The summed E-state index contributed by atoms with van der Waals surface area (Å²) in [6.45, 7) is 3.93. The van der Waals surface area contributed by atoms with Crippen LogP contribution < -0.4 is 9.47 Å². The zero-order chi connectivity index (χ0) is 22.5. The van der Waals surface area contributed by atoms with Gasteiger partial charge in [-0.05, 0) is 54.8 Å². The number of methoxy groups -OCH3 is 1. The zero-order valence-corrected chi connectivity index (χ0v) is 18.2. The quantitative estimate of drug-likeness (QED) is 0.490. The molecule has 158 valence electrons. The minimum atomic E-state index is -0.633. The van der Waals surface area contributed by atoms with E-state index in [4.69, 9.17) is 21.1 Å². The van der Waals surface area contributed by atoms with Crippen LogP contribution in [0.25, 0.3) is 6.08 Å². The second-order valence-corrected chi connectivity index (χ2v) is 7.21. The Morgan fingerprint density at radius 2 is 1.87 bits per heavy atom. The number of nitriles is 1. The minimum Gasteiger partial charge on any atom is -0.493 e. The van der Waals surface area contributed by atoms with E-state index in [2.05, 4.69) is 0 Å². The van der Waals surface area contributed by atoms with Crippen LogP contribution in [-0.4, -0.2) is 30.4 Å². The summed E-state index contributed by atoms with van der Waals surface area (Å²) in [7, 11) is 1.53. The van der Waals surface area contributed by atoms with E-state index in [1.807, 2.05) is 13.0 Å². The molecule has 0 aromatic heterocycles. The predicted molar refractivity (Wildman–Crippen MR) is 117 cm³/mol. The molecule has 7 heteroatoms. The Morgan fingerprint density at radius 1 is 1.13 bits per heavy atom. The molecule has 0 radical (unpaired) electrons. The molecule has 0 N–H and O–H groups in total. The first kappa shape index (κ1) is 22.1. The molecule has 0 saturated carbocycles. The average Bonchev–Trinajstić information content (AvgIpc) is 2.77. The van der Waals surface area contributed by atoms with Crippen molar-refractivity contribution in [1.29, 1.82) is 5.26 Å². The number of rotatable bonds is 6. The van der Waals surface area contributed by atoms with E-state index in [-0.39, 0.29) is 17.7 Å². The van der Waals surface area contributed by atoms with Crippen LogP contribution in [0.3, 0.4) is 0 Å². The van der Waals surface area contributed by atoms with Crippen molar-refractivity contribution in [2.75, 3.05) is 13.7 Å². The highest BCUT2D eigenvalue weighted by Gasteiger charge is 2.35. The lowest BCUT2D eigenvalue weighted by Crippen LogP contribution is -2.42. The van der Waals surface area contributed by atoms with Gasteiger partial charge in [0.05, 0.1) is 20.3 Å². The third-order valence-corrected chi connectivity index (χ3v) is 5.28. The third-order valence-electron chi connectivity index (χ3n) is 4.91. The molecule has 6 nitrogen and oxygen atoms in total. The Labute approximate surface area is 185 Å². The largest absolute Gasteiger partial charge is 0.493 e. The Kier molecular flexibility index (Phi) is 6.78. The first-order valence-corrected chi connectivity index (χ1v) is 10.0. The number of carbonyl (C=O) groups excluding carboxylic acids is 2. The fourth-order valence-corrected chi connectivity index (χ4v) is 3.48. The Bertz CT molecular complexity index is 1140. The second-order valence-electron chi connectivity index (χ2n) is 6.80. The Hall–Kier alpha value is -3.56. The van der Waals surface area contributed by atoms with Crippen molar-refractivity contribution >= 4 is 29.5 Å². The van der Waals surface area contributed by atoms with Gasteiger partial charge in [-0.2, -0.15) is 5.26 Å². The van der Waals surface area contributed by atoms with Crippen LogP contribution in [0.4, 0.5) is 0 Å². The monoisotopic (exact) mass is 436 g/mol. The number of benzene rings is 2. The molecule has 0 saturated heterocycles. The number of hydrogen-bond acceptors (Lipinski definition) is 5. The fraction of sp³-hybridized carbons (Fsp3) is 0.208. The normalized spacial score (nSPS) is 15.3. The van der Waals surface area contributed by atoms with E-state index in [1.165, 1.54) is 7.11 Å². The fourth-order valence-electron chi connectivity index (χ4n) is 3.29. The molecule has 0 fully saturated rings. The van der Waals surface area contributed by atoms with Gasteiger partial charge in [0, 0.05) is 10.6 Å². The number of hydrogen-bond donors (Lipinski definition) is 0. The van der Waals surface area contributed by atoms with Gasteiger partial charge in [-0.15, -0.1) is 0 Å². The first-order valence-electron chi connectivity index (χ1n) is 9.64. The Balaban J connectivity index is 2.05. The van der Waals surface area contributed by atoms with Gasteiger partial charge < -0.3 is 9.47 Å². The minimum absolute atomic E-state index is 0.0280. The van der Waals surface area contributed by atoms with Crippen molar-refractivity contribution in [3.63, 3.8) is 0 Å². The highest BCUT2D eigenvalue weighted by Crippen LogP contribution is 2.32. The standard InChI is InChI=1S/C24H21ClN2O4/c1-4-31-21-10-9-16(12-22(21)30-3)11-18-15(2)19(13-26)24(29)27(23(18)28)14-17-7-5-6-8-20(17)25/h5-12H,4,14H2,1-3H3/b18-11+. The van der Waals surface area contributed by atoms with Gasteiger partial charge in [-0.3, -0.25) is 14.5 Å². The molecule has 1 heterocycles. The average molecular weight is 437 g/mol. The van der Waals surface area contributed by atoms with Gasteiger partial charge in [0.25, 0.3) is 11.8 Å². The maximum absolute atomic E-state index is 13.2. The Morgan fingerprint density at radius 3 is 2.52 bits per heavy atom. The summed E-state index contributed by atoms with van der Waals surface area (Å²) in [5, 5.41) is 10.0. The van der Waals surface area contributed by atoms with Crippen LogP contribution >= 0.6 is 11.6 Å². The lowest BCUT2D eigenvalue weighted by molar-refractivity contribution is -0.141. The molecular weight excluding hydrogens is 416 g/mol. The summed E-state index contributed by atoms with van der Waals surface area (Å²) in [5.41, 5.74) is 1.81. The van der Waals surface area contributed by atoms with Crippen molar-refractivity contribution < 1.29 is 19.1 Å². The maximum Gasteiger partial charge on any atom is 0.271 e. The van der Waals surface area contributed by atoms with Crippen molar-refractivity contribution in [1.82, 2.24) is 4.90 Å². The van der Waals surface area contributed by atoms with Crippen molar-refractivity contribution in [2.45, 2.75) is 20.4 Å². The van der Waals surface area contributed by atoms with Crippen molar-refractivity contribution in [2.24, 2.45) is 0 Å². The van der Waals surface area contributed by atoms with Gasteiger partial charge in [-0.1, -0.05) is 35.9 Å². The predicted octanol–water partition coefficient (Wildman–Crippen LogP) is 4.54. The van der Waals surface area contributed by atoms with E-state index in [1.54, 1.807) is 55.5 Å². The zero-order valence-electron chi connectivity index (χ0n) is 17.4. The highest BCUT2D eigenvalue weighted by molar-refractivity contribution is 6.31. The molecule has 2 amide bonds. The van der Waals surface area contributed by atoms with E-state index in [0.717, 1.165) is 4.90 Å². The van der Waals surface area contributed by atoms with Gasteiger partial charge in [0.2, 0.25) is 0 Å². The molecule has 31 heavy (non-hydrogen) atoms. The summed E-state index contributed by atoms with van der Waals surface area (Å²) >= 11 is 6.21. The number of carbonyl (C=O) groups is 2. The van der Waals surface area contributed by atoms with Gasteiger partial charge in [-0.25, -0.2) is 0 Å². The molecule has 1 aliphatic heterocycles. The van der Waals surface area contributed by atoms with Crippen LogP contribution in [0.1, 0.15) is 25.0 Å². The number of halogens is 1. The lowest BCUT2D eigenvalue weighted by atomic mass is 9.93. The lowest BCUT2D eigenvalue weighted by Gasteiger charge is -2.27. The molecule has 1 aliphatic rings. The molecule has 3 rings (SSSR count). The summed E-state index contributed by atoms with van der Waals surface area (Å²) in [6.07, 6.45) is 1.64. The van der Waals surface area contributed by atoms with Gasteiger partial charge in [0.15, 0.2) is 11.5 Å². The molecule has 0 aliphatic carbocycles. The van der Waals surface area contributed by atoms with Crippen LogP contribution in [0, 0.1) is 11.3 Å². The van der Waals surface area contributed by atoms with Crippen molar-refractivity contribution in [3.05, 3.63) is 75.3 Å². The number of imide groups is 1. The summed E-state index contributed by atoms with van der Waals surface area (Å²) < 4.78 is 10.9. The number of nitrogens with zero attached hydrogens (tertiary/aromatic N) is 2. The summed E-state index contributed by atoms with van der Waals surface area (Å²) in [6, 6.07) is 14.2. The SMILES string of the molecule is CCOc1ccc(/C=C2/C(=O)N(Cc3ccccc3Cl)C(=O)C(C#N)=C2C)cc1OC. The van der Waals surface area contributed by atoms with Crippen molar-refractivity contribution in [3.8, 4) is 17.6 Å². The molecule has 0 unspecified atom stereocenters. The van der Waals surface area contributed by atoms with E-state index in [9.17, 15) is 14.9 Å². The summed E-state index contributed by atoms with van der Waals surface area (Å²) in [5.74, 6) is -0.0196. The van der Waals surface area contributed by atoms with Crippen LogP contribution in [0.2, 0.25) is 5.02 Å². The molecular formula is C24H21ClN2O4. The first-order chi connectivity index (χ1) is 14.9. The van der Waals surface area contributed by atoms with E-state index in [0.29, 0.717) is 39.8 Å². The second kappa shape index (κ2) is 9.50. The molecule has 0 spiro atoms. The summed E-state index contributed by atoms with van der Waals surface area (Å²) in [4.78, 5) is 27.1. The smallest absolute Gasteiger partial charge is 0.271 e. The van der Waals surface area contributed by atoms with Gasteiger partial charge >= 0.3 is 0 Å². The molecule has 2 aromatic carbocycles. The van der Waals surface area contributed by atoms with E-state index < -0.39 is 11.8 Å². The van der Waals surface area contributed by atoms with Crippen LogP contribution in [0.15, 0.2) is 59.2 Å². The topological polar surface area (TPSA) is 79.6 Å². The molecule has 0 atom stereocenters. The number of ether oxygens (including phenoxy) is 2. The van der Waals surface area contributed by atoms with E-state index >= 15 is 0 Å². The molecule has 0 bridgehead atoms. The maximum atomic E-state index is 13.2. The van der Waals surface area contributed by atoms with Crippen LogP contribution in [0.5, 0.6) is 11.5 Å². The molecule has 2 aromatic rings.